The maximum Gasteiger partial charge on any atom is 0.333 e. The van der Waals surface area contributed by atoms with Gasteiger partial charge in [-0.3, -0.25) is 0 Å². The van der Waals surface area contributed by atoms with E-state index in [0.29, 0.717) is 5.57 Å². The summed E-state index contributed by atoms with van der Waals surface area (Å²) in [5.74, 6) is -0.269. The normalized spacial score (nSPS) is 11.1. The van der Waals surface area contributed by atoms with Crippen molar-refractivity contribution in [3.63, 3.8) is 0 Å². The Morgan fingerprint density at radius 3 is 2.00 bits per heavy atom. The van der Waals surface area contributed by atoms with Crippen molar-refractivity contribution in [3.8, 4) is 0 Å². The van der Waals surface area contributed by atoms with Crippen LogP contribution in [0.25, 0.3) is 0 Å². The number of rotatable bonds is 6. The molecule has 0 amide bonds. The van der Waals surface area contributed by atoms with Crippen LogP contribution in [0.2, 0.25) is 0 Å². The maximum absolute atomic E-state index is 11.4. The zero-order valence-corrected chi connectivity index (χ0v) is 9.85. The Bertz CT molecular complexity index is 200. The minimum absolute atomic E-state index is 0.0867. The van der Waals surface area contributed by atoms with E-state index in [1.807, 2.05) is 0 Å². The molecule has 0 rings (SSSR count). The van der Waals surface area contributed by atoms with Gasteiger partial charge in [0.2, 0.25) is 0 Å². The molecule has 0 unspecified atom stereocenters. The fourth-order valence-corrected chi connectivity index (χ4v) is 1.90. The number of ether oxygens (including phenoxy) is 1. The van der Waals surface area contributed by atoms with Crippen LogP contribution in [0, 0.1) is 5.41 Å². The summed E-state index contributed by atoms with van der Waals surface area (Å²) in [6, 6.07) is 0. The molecular formula is C12H22O2. The van der Waals surface area contributed by atoms with Gasteiger partial charge < -0.3 is 4.74 Å². The van der Waals surface area contributed by atoms with Crippen LogP contribution in [0.3, 0.4) is 0 Å². The number of esters is 1. The third-order valence-electron chi connectivity index (χ3n) is 2.76. The molecule has 0 aliphatic rings. The third-order valence-corrected chi connectivity index (χ3v) is 2.76. The summed E-state index contributed by atoms with van der Waals surface area (Å²) in [7, 11) is 1.41. The van der Waals surface area contributed by atoms with Crippen LogP contribution in [0.15, 0.2) is 12.2 Å². The summed E-state index contributed by atoms with van der Waals surface area (Å²) in [5.41, 5.74) is 0.528. The van der Waals surface area contributed by atoms with Crippen molar-refractivity contribution >= 4 is 5.97 Å². The fraction of sp³-hybridized carbons (Fsp3) is 0.750. The average molecular weight is 198 g/mol. The van der Waals surface area contributed by atoms with E-state index in [4.69, 9.17) is 4.74 Å². The van der Waals surface area contributed by atoms with Crippen molar-refractivity contribution in [3.05, 3.63) is 12.2 Å². The fourth-order valence-electron chi connectivity index (χ4n) is 1.90. The van der Waals surface area contributed by atoms with Crippen molar-refractivity contribution in [1.82, 2.24) is 0 Å². The van der Waals surface area contributed by atoms with Crippen LogP contribution in [0.4, 0.5) is 0 Å². The molecule has 0 saturated carbocycles. The molecule has 0 aromatic rings. The van der Waals surface area contributed by atoms with E-state index in [0.717, 1.165) is 25.7 Å². The number of methoxy groups -OCH3 is 1. The summed E-state index contributed by atoms with van der Waals surface area (Å²) >= 11 is 0. The first kappa shape index (κ1) is 13.2. The summed E-state index contributed by atoms with van der Waals surface area (Å²) in [6.45, 7) is 10.2. The lowest BCUT2D eigenvalue weighted by molar-refractivity contribution is -0.137. The smallest absolute Gasteiger partial charge is 0.333 e. The van der Waals surface area contributed by atoms with Gasteiger partial charge in [-0.25, -0.2) is 4.79 Å². The molecule has 0 fully saturated rings. The molecule has 0 aliphatic heterocycles. The van der Waals surface area contributed by atoms with Crippen LogP contribution in [-0.4, -0.2) is 13.1 Å². The second kappa shape index (κ2) is 5.84. The van der Waals surface area contributed by atoms with Crippen molar-refractivity contribution in [2.24, 2.45) is 5.41 Å². The Kier molecular flexibility index (Phi) is 5.51. The van der Waals surface area contributed by atoms with Gasteiger partial charge in [0.05, 0.1) is 7.11 Å². The molecule has 82 valence electrons. The van der Waals surface area contributed by atoms with Crippen LogP contribution >= 0.6 is 0 Å². The van der Waals surface area contributed by atoms with Crippen molar-refractivity contribution in [1.29, 1.82) is 0 Å². The quantitative estimate of drug-likeness (QED) is 0.483. The Morgan fingerprint density at radius 1 is 1.29 bits per heavy atom. The van der Waals surface area contributed by atoms with E-state index in [1.165, 1.54) is 7.11 Å². The molecule has 0 spiro atoms. The molecule has 2 heteroatoms. The second-order valence-electron chi connectivity index (χ2n) is 4.03. The lowest BCUT2D eigenvalue weighted by Gasteiger charge is -2.29. The summed E-state index contributed by atoms with van der Waals surface area (Å²) < 4.78 is 4.71. The van der Waals surface area contributed by atoms with Crippen molar-refractivity contribution in [2.75, 3.05) is 7.11 Å². The highest BCUT2D eigenvalue weighted by molar-refractivity contribution is 5.89. The first-order chi connectivity index (χ1) is 6.51. The van der Waals surface area contributed by atoms with E-state index in [9.17, 15) is 4.79 Å². The van der Waals surface area contributed by atoms with E-state index in [2.05, 4.69) is 27.4 Å². The summed E-state index contributed by atoms with van der Waals surface area (Å²) in [6.07, 6.45) is 4.11. The van der Waals surface area contributed by atoms with Gasteiger partial charge in [-0.05, 0) is 18.3 Å². The van der Waals surface area contributed by atoms with Crippen molar-refractivity contribution < 1.29 is 9.53 Å². The van der Waals surface area contributed by atoms with Crippen LogP contribution in [0.1, 0.15) is 46.5 Å². The zero-order valence-electron chi connectivity index (χ0n) is 9.85. The van der Waals surface area contributed by atoms with E-state index < -0.39 is 0 Å². The van der Waals surface area contributed by atoms with Gasteiger partial charge in [-0.15, -0.1) is 0 Å². The molecule has 0 atom stereocenters. The monoisotopic (exact) mass is 198 g/mol. The van der Waals surface area contributed by atoms with Gasteiger partial charge in [-0.2, -0.15) is 0 Å². The van der Waals surface area contributed by atoms with E-state index in [-0.39, 0.29) is 11.4 Å². The average Bonchev–Trinajstić information content (AvgIpc) is 2.16. The van der Waals surface area contributed by atoms with Crippen LogP contribution in [-0.2, 0) is 9.53 Å². The molecule has 0 aromatic carbocycles. The molecule has 0 heterocycles. The molecule has 0 bridgehead atoms. The van der Waals surface area contributed by atoms with Gasteiger partial charge in [0, 0.05) is 5.57 Å². The Hall–Kier alpha value is -0.790. The van der Waals surface area contributed by atoms with Crippen LogP contribution < -0.4 is 0 Å². The second-order valence-corrected chi connectivity index (χ2v) is 4.03. The lowest BCUT2D eigenvalue weighted by atomic mass is 9.75. The summed E-state index contributed by atoms with van der Waals surface area (Å²) in [5, 5.41) is 0. The largest absolute Gasteiger partial charge is 0.466 e. The van der Waals surface area contributed by atoms with Gasteiger partial charge in [0.1, 0.15) is 0 Å². The van der Waals surface area contributed by atoms with Gasteiger partial charge >= 0.3 is 5.97 Å². The van der Waals surface area contributed by atoms with E-state index in [1.54, 1.807) is 0 Å². The molecule has 0 radical (unpaired) electrons. The van der Waals surface area contributed by atoms with Gasteiger partial charge in [0.25, 0.3) is 0 Å². The Balaban J connectivity index is 4.62. The third kappa shape index (κ3) is 3.17. The topological polar surface area (TPSA) is 26.3 Å². The lowest BCUT2D eigenvalue weighted by Crippen LogP contribution is -2.24. The molecule has 0 saturated heterocycles. The first-order valence-corrected chi connectivity index (χ1v) is 5.29. The maximum atomic E-state index is 11.4. The van der Waals surface area contributed by atoms with Crippen molar-refractivity contribution in [2.45, 2.75) is 46.5 Å². The number of hydrogen-bond donors (Lipinski definition) is 0. The minimum Gasteiger partial charge on any atom is -0.466 e. The van der Waals surface area contributed by atoms with Gasteiger partial charge in [0.15, 0.2) is 0 Å². The highest BCUT2D eigenvalue weighted by atomic mass is 16.5. The Labute approximate surface area is 87.3 Å². The number of hydrogen-bond acceptors (Lipinski definition) is 2. The first-order valence-electron chi connectivity index (χ1n) is 5.29. The number of carbonyl (C=O) groups excluding carboxylic acids is 1. The number of carbonyl (C=O) groups is 1. The van der Waals surface area contributed by atoms with Crippen LogP contribution in [0.5, 0.6) is 0 Å². The molecule has 0 N–H and O–H groups in total. The zero-order chi connectivity index (χ0) is 11.2. The standard InChI is InChI=1S/C12H22O2/c1-6-8-12(4,9-7-2)10(3)11(13)14-5/h3,6-9H2,1-2,4-5H3. The minimum atomic E-state index is -0.269. The predicted molar refractivity (Wildman–Crippen MR) is 59.1 cm³/mol. The molecule has 2 nitrogen and oxygen atoms in total. The molecule has 0 aliphatic carbocycles. The highest BCUT2D eigenvalue weighted by Crippen LogP contribution is 2.36. The van der Waals surface area contributed by atoms with Gasteiger partial charge in [-0.1, -0.05) is 40.2 Å². The predicted octanol–water partition coefficient (Wildman–Crippen LogP) is 3.32. The molecular weight excluding hydrogens is 176 g/mol. The summed E-state index contributed by atoms with van der Waals surface area (Å²) in [4.78, 5) is 11.4. The molecule has 14 heavy (non-hydrogen) atoms. The highest BCUT2D eigenvalue weighted by Gasteiger charge is 2.30. The SMILES string of the molecule is C=C(C(=O)OC)C(C)(CCC)CCC. The van der Waals surface area contributed by atoms with E-state index >= 15 is 0 Å². The Morgan fingerprint density at radius 2 is 1.71 bits per heavy atom. The molecule has 0 aromatic heterocycles.